The van der Waals surface area contributed by atoms with Crippen molar-refractivity contribution >= 4 is 29.8 Å². The van der Waals surface area contributed by atoms with Crippen LogP contribution in [0.25, 0.3) is 4.85 Å². The van der Waals surface area contributed by atoms with Crippen molar-refractivity contribution in [1.82, 2.24) is 26.1 Å². The molecule has 1 aromatic heterocycles. The third-order valence-electron chi connectivity index (χ3n) is 6.83. The van der Waals surface area contributed by atoms with Crippen molar-refractivity contribution in [3.63, 3.8) is 0 Å². The van der Waals surface area contributed by atoms with Gasteiger partial charge in [-0.1, -0.05) is 58.8 Å². The zero-order valence-electron chi connectivity index (χ0n) is 24.1. The van der Waals surface area contributed by atoms with E-state index in [1.54, 1.807) is 48.5 Å². The average molecular weight is 661 g/mol. The van der Waals surface area contributed by atoms with E-state index in [1.165, 1.54) is 0 Å². The van der Waals surface area contributed by atoms with Crippen molar-refractivity contribution in [1.29, 1.82) is 0 Å². The second-order valence-corrected chi connectivity index (χ2v) is 9.79. The number of alkyl carbamates (subject to hydrolysis) is 3. The van der Waals surface area contributed by atoms with Crippen molar-refractivity contribution in [2.45, 2.75) is 36.4 Å². The highest BCUT2D eigenvalue weighted by Crippen LogP contribution is 2.29. The Morgan fingerprint density at radius 3 is 1.66 bits per heavy atom. The fraction of sp³-hybridized carbons (Fsp3) is 0.321. The number of ether oxygens (including phenoxy) is 3. The van der Waals surface area contributed by atoms with E-state index < -0.39 is 74.7 Å². The lowest BCUT2D eigenvalue weighted by Gasteiger charge is -2.14. The molecule has 0 saturated carbocycles. The van der Waals surface area contributed by atoms with Crippen LogP contribution in [0.15, 0.2) is 64.6 Å². The van der Waals surface area contributed by atoms with Gasteiger partial charge >= 0.3 is 18.3 Å². The highest BCUT2D eigenvalue weighted by Gasteiger charge is 2.38. The van der Waals surface area contributed by atoms with E-state index in [9.17, 15) is 27.6 Å². The van der Waals surface area contributed by atoms with E-state index >= 15 is 0 Å². The summed E-state index contributed by atoms with van der Waals surface area (Å²) in [4.78, 5) is 39.7. The summed E-state index contributed by atoms with van der Waals surface area (Å²) >= 11 is 0. The molecule has 3 amide bonds. The highest BCUT2D eigenvalue weighted by atomic mass is 19.1. The first-order valence-electron chi connectivity index (χ1n) is 13.6. The molecule has 6 N–H and O–H groups in total. The molecule has 3 fully saturated rings. The molecule has 16 nitrogen and oxygen atoms in total. The number of hydrogen-bond acceptors (Lipinski definition) is 11. The van der Waals surface area contributed by atoms with E-state index in [1.807, 2.05) is 0 Å². The third kappa shape index (κ3) is 8.36. The molecule has 0 spiro atoms. The van der Waals surface area contributed by atoms with Crippen LogP contribution in [0.5, 0.6) is 0 Å². The Kier molecular flexibility index (Phi) is 11.4. The number of oxime groups is 1. The maximum absolute atomic E-state index is 12.7. The zero-order chi connectivity index (χ0) is 33.9. The molecule has 3 aliphatic rings. The number of hydrogen-bond donors (Lipinski definition) is 5. The molecule has 0 unspecified atom stereocenters. The lowest BCUT2D eigenvalue weighted by molar-refractivity contribution is 0.121. The number of aromatic nitrogens is 2. The van der Waals surface area contributed by atoms with Crippen LogP contribution in [0, 0.1) is 6.57 Å². The number of nitrogens with one attached hydrogen (secondary N) is 3. The highest BCUT2D eigenvalue weighted by molar-refractivity contribution is 5.97. The van der Waals surface area contributed by atoms with Gasteiger partial charge in [-0.05, 0) is 11.1 Å². The maximum atomic E-state index is 12.7. The van der Waals surface area contributed by atoms with Gasteiger partial charge in [-0.15, -0.1) is 0 Å². The second kappa shape index (κ2) is 15.8. The Morgan fingerprint density at radius 1 is 0.809 bits per heavy atom. The van der Waals surface area contributed by atoms with E-state index in [-0.39, 0.29) is 11.7 Å². The van der Waals surface area contributed by atoms with Gasteiger partial charge in [-0.25, -0.2) is 32.4 Å². The van der Waals surface area contributed by atoms with Crippen LogP contribution in [-0.4, -0.2) is 77.6 Å². The summed E-state index contributed by atoms with van der Waals surface area (Å²) in [5.41, 5.74) is 7.77. The molecule has 6 atom stereocenters. The maximum Gasteiger partial charge on any atom is 0.408 e. The van der Waals surface area contributed by atoms with Crippen molar-refractivity contribution in [3.05, 3.63) is 88.9 Å². The van der Waals surface area contributed by atoms with E-state index in [0.717, 1.165) is 6.39 Å². The first-order chi connectivity index (χ1) is 22.7. The van der Waals surface area contributed by atoms with Gasteiger partial charge in [0.2, 0.25) is 12.2 Å². The quantitative estimate of drug-likeness (QED) is 0.0617. The van der Waals surface area contributed by atoms with Crippen LogP contribution in [0.4, 0.5) is 33.2 Å². The lowest BCUT2D eigenvalue weighted by Crippen LogP contribution is -2.29. The van der Waals surface area contributed by atoms with Gasteiger partial charge < -0.3 is 45.6 Å². The molecule has 6 rings (SSSR count). The number of halogens is 3. The number of cyclic esters (lactones) is 3. The van der Waals surface area contributed by atoms with Gasteiger partial charge in [0.25, 0.3) is 0 Å². The number of carbonyl (C=O) groups excluding carboxylic acids is 3. The molecule has 19 heteroatoms. The molecule has 3 saturated heterocycles. The van der Waals surface area contributed by atoms with Crippen LogP contribution < -0.4 is 21.7 Å². The largest absolute Gasteiger partial charge is 0.439 e. The van der Waals surface area contributed by atoms with Gasteiger partial charge in [0.1, 0.15) is 38.1 Å². The summed E-state index contributed by atoms with van der Waals surface area (Å²) < 4.78 is 56.8. The predicted octanol–water partition coefficient (Wildman–Crippen LogP) is 3.45. The monoisotopic (exact) mass is 660 g/mol. The minimum absolute atomic E-state index is 0.0230. The smallest absolute Gasteiger partial charge is 0.408 e. The lowest BCUT2D eigenvalue weighted by atomic mass is 10.0. The Labute approximate surface area is 263 Å². The molecule has 0 radical (unpaired) electrons. The first-order valence-corrected chi connectivity index (χ1v) is 13.6. The Balaban J connectivity index is 0.000000162. The summed E-state index contributed by atoms with van der Waals surface area (Å²) in [5, 5.41) is 21.9. The van der Waals surface area contributed by atoms with Gasteiger partial charge in [-0.2, -0.15) is 4.98 Å². The molecule has 248 valence electrons. The molecule has 0 aliphatic carbocycles. The topological polar surface area (TPSA) is 217 Å². The number of amides is 3. The summed E-state index contributed by atoms with van der Waals surface area (Å²) in [6.07, 6.45) is -2.89. The van der Waals surface area contributed by atoms with Gasteiger partial charge in [0, 0.05) is 5.56 Å². The number of nitrogens with two attached hydrogens (primary N) is 1. The average Bonchev–Trinajstić information content (AvgIpc) is 3.91. The number of carbonyl (C=O) groups is 3. The van der Waals surface area contributed by atoms with Crippen LogP contribution in [0.2, 0.25) is 0 Å². The molecule has 2 aromatic carbocycles. The Bertz CT molecular complexity index is 1590. The van der Waals surface area contributed by atoms with Crippen molar-refractivity contribution in [2.75, 3.05) is 20.0 Å². The van der Waals surface area contributed by atoms with Crippen LogP contribution >= 0.6 is 0 Å². The number of nitrogens with zero attached hydrogens (tertiary/aromatic N) is 4. The number of alkyl halides is 3. The van der Waals surface area contributed by atoms with Crippen molar-refractivity contribution in [3.8, 4) is 0 Å². The Morgan fingerprint density at radius 2 is 1.26 bits per heavy atom. The standard InChI is InChI=1S/C11H12FN3O3.C11H9FN2O2.C6H6FN3O3/c12-5-8-9(18-11(16)14-8)6-1-3-7(4-2-6)10(13)15-17;1-13-8-4-2-7(3-5-8)10-9(6-12)14-11(15)16-10;7-1-3-4(13-6(11)9-3)5-8-2-12-10-5/h1-4,8-9,17H,5H2,(H2,13,15)(H,14,16);2-5,9-10H,6H2,(H,14,15);2-4H,1H2,(H,9,11)/t8-,9-;9-,10-;3-,4+/m111/s1. The van der Waals surface area contributed by atoms with Gasteiger partial charge in [0.05, 0.1) is 6.57 Å². The second-order valence-electron chi connectivity index (χ2n) is 9.79. The minimum Gasteiger partial charge on any atom is -0.439 e. The van der Waals surface area contributed by atoms with Gasteiger partial charge in [-0.3, -0.25) is 0 Å². The summed E-state index contributed by atoms with van der Waals surface area (Å²) in [7, 11) is 0. The SMILES string of the molecule is N/C(=N\O)c1ccc([C@H]2OC(=O)N[C@@H]2CF)cc1.O=C1N[C@H](CF)[C@@H](c2ncon2)O1.[C-]#[N+]c1ccc([C@H]2OC(=O)N[C@@H]2CF)cc1. The van der Waals surface area contributed by atoms with Crippen molar-refractivity contribution < 1.29 is 51.5 Å². The molecular weight excluding hydrogens is 633 g/mol. The van der Waals surface area contributed by atoms with E-state index in [4.69, 9.17) is 31.7 Å². The molecule has 4 heterocycles. The fourth-order valence-electron chi connectivity index (χ4n) is 4.51. The first kappa shape index (κ1) is 33.8. The van der Waals surface area contributed by atoms with Crippen LogP contribution in [-0.2, 0) is 14.2 Å². The van der Waals surface area contributed by atoms with E-state index in [0.29, 0.717) is 22.4 Å². The molecule has 47 heavy (non-hydrogen) atoms. The summed E-state index contributed by atoms with van der Waals surface area (Å²) in [5.74, 6) is 0.145. The summed E-state index contributed by atoms with van der Waals surface area (Å²) in [6, 6.07) is 11.0. The summed E-state index contributed by atoms with van der Waals surface area (Å²) in [6.45, 7) is 4.68. The predicted molar refractivity (Wildman–Crippen MR) is 152 cm³/mol. The zero-order valence-corrected chi connectivity index (χ0v) is 24.1. The molecule has 0 bridgehead atoms. The number of benzene rings is 2. The van der Waals surface area contributed by atoms with Crippen LogP contribution in [0.3, 0.4) is 0 Å². The minimum atomic E-state index is -0.795. The molecule has 3 aromatic rings. The third-order valence-corrected chi connectivity index (χ3v) is 6.83. The fourth-order valence-corrected chi connectivity index (χ4v) is 4.51. The normalized spacial score (nSPS) is 24.5. The Hall–Kier alpha value is -6.06. The molecule has 3 aliphatic heterocycles. The van der Waals surface area contributed by atoms with Crippen molar-refractivity contribution in [2.24, 2.45) is 10.9 Å². The molecular formula is C28H27F3N8O8. The number of amidine groups is 1. The van der Waals surface area contributed by atoms with E-state index in [2.05, 4.69) is 40.6 Å². The van der Waals surface area contributed by atoms with Crippen LogP contribution in [0.1, 0.15) is 40.8 Å². The van der Waals surface area contributed by atoms with Gasteiger partial charge in [0.15, 0.2) is 29.8 Å². The number of rotatable bonds is 7.